The van der Waals surface area contributed by atoms with Gasteiger partial charge in [0, 0.05) is 6.54 Å². The molecule has 1 unspecified atom stereocenters. The Balaban J connectivity index is 2.58. The van der Waals surface area contributed by atoms with Crippen LogP contribution in [0.4, 0.5) is 0 Å². The number of benzene rings is 1. The Morgan fingerprint density at radius 3 is 2.67 bits per heavy atom. The molecule has 1 aromatic rings. The quantitative estimate of drug-likeness (QED) is 0.748. The minimum Gasteiger partial charge on any atom is -0.507 e. The van der Waals surface area contributed by atoms with Crippen LogP contribution in [0.2, 0.25) is 0 Å². The van der Waals surface area contributed by atoms with Gasteiger partial charge in [-0.1, -0.05) is 26.0 Å². The second-order valence-corrected chi connectivity index (χ2v) is 4.96. The Hall–Kier alpha value is -1.55. The molecule has 0 fully saturated rings. The highest BCUT2D eigenvalue weighted by molar-refractivity contribution is 5.97. The summed E-state index contributed by atoms with van der Waals surface area (Å²) < 4.78 is 0. The fourth-order valence-electron chi connectivity index (χ4n) is 1.78. The summed E-state index contributed by atoms with van der Waals surface area (Å²) in [5.74, 6) is 0.0108. The highest BCUT2D eigenvalue weighted by atomic mass is 16.3. The van der Waals surface area contributed by atoms with Crippen molar-refractivity contribution in [3.05, 3.63) is 29.3 Å². The lowest BCUT2D eigenvalue weighted by molar-refractivity contribution is 0.0897. The fraction of sp³-hybridized carbons (Fsp3) is 0.500. The van der Waals surface area contributed by atoms with Gasteiger partial charge >= 0.3 is 0 Å². The molecule has 18 heavy (non-hydrogen) atoms. The summed E-state index contributed by atoms with van der Waals surface area (Å²) in [7, 11) is 0. The Kier molecular flexibility index (Phi) is 5.16. The van der Waals surface area contributed by atoms with E-state index in [0.29, 0.717) is 17.9 Å². The van der Waals surface area contributed by atoms with E-state index in [2.05, 4.69) is 5.32 Å². The number of carbonyl (C=O) groups excluding carboxylic acids is 1. The molecule has 1 aromatic carbocycles. The number of phenols is 1. The smallest absolute Gasteiger partial charge is 0.255 e. The van der Waals surface area contributed by atoms with Gasteiger partial charge in [-0.3, -0.25) is 4.79 Å². The fourth-order valence-corrected chi connectivity index (χ4v) is 1.78. The number of phenolic OH excluding ortho intramolecular Hbond substituents is 1. The van der Waals surface area contributed by atoms with Gasteiger partial charge in [-0.05, 0) is 30.9 Å². The van der Waals surface area contributed by atoms with Crippen LogP contribution in [0.3, 0.4) is 0 Å². The maximum absolute atomic E-state index is 11.8. The predicted octanol–water partition coefficient (Wildman–Crippen LogP) is 1.84. The van der Waals surface area contributed by atoms with Gasteiger partial charge in [0.2, 0.25) is 0 Å². The molecule has 3 N–H and O–H groups in total. The molecular formula is C14H21NO3. The Morgan fingerprint density at radius 2 is 2.06 bits per heavy atom. The van der Waals surface area contributed by atoms with E-state index in [1.54, 1.807) is 25.1 Å². The molecule has 0 heterocycles. The Labute approximate surface area is 108 Å². The molecule has 4 heteroatoms. The standard InChI is InChI=1S/C14H21NO3/c1-9(2)7-11(16)8-15-14(18)12-6-4-5-10(3)13(12)17/h4-6,9,11,16-17H,7-8H2,1-3H3,(H,15,18). The summed E-state index contributed by atoms with van der Waals surface area (Å²) >= 11 is 0. The SMILES string of the molecule is Cc1cccc(C(=O)NCC(O)CC(C)C)c1O. The molecule has 1 amide bonds. The Bertz CT molecular complexity index is 416. The van der Waals surface area contributed by atoms with Crippen LogP contribution in [0, 0.1) is 12.8 Å². The number of hydrogen-bond acceptors (Lipinski definition) is 3. The first kappa shape index (κ1) is 14.5. The number of carbonyl (C=O) groups is 1. The van der Waals surface area contributed by atoms with E-state index in [1.807, 2.05) is 13.8 Å². The van der Waals surface area contributed by atoms with E-state index in [0.717, 1.165) is 0 Å². The van der Waals surface area contributed by atoms with Crippen LogP contribution in [0.1, 0.15) is 36.2 Å². The molecule has 0 aliphatic rings. The molecule has 100 valence electrons. The number of amides is 1. The summed E-state index contributed by atoms with van der Waals surface area (Å²) in [6, 6.07) is 5.01. The summed E-state index contributed by atoms with van der Waals surface area (Å²) in [5.41, 5.74) is 0.900. The third kappa shape index (κ3) is 4.04. The number of para-hydroxylation sites is 1. The number of rotatable bonds is 5. The summed E-state index contributed by atoms with van der Waals surface area (Å²) in [6.07, 6.45) is 0.0842. The number of aryl methyl sites for hydroxylation is 1. The molecule has 0 spiro atoms. The third-order valence-electron chi connectivity index (χ3n) is 2.72. The molecule has 0 radical (unpaired) electrons. The van der Waals surface area contributed by atoms with Gasteiger partial charge in [0.1, 0.15) is 5.75 Å². The van der Waals surface area contributed by atoms with Gasteiger partial charge in [0.15, 0.2) is 0 Å². The topological polar surface area (TPSA) is 69.6 Å². The lowest BCUT2D eigenvalue weighted by Gasteiger charge is -2.14. The van der Waals surface area contributed by atoms with E-state index >= 15 is 0 Å². The van der Waals surface area contributed by atoms with Crippen LogP contribution in [0.25, 0.3) is 0 Å². The van der Waals surface area contributed by atoms with Crippen molar-refractivity contribution in [2.45, 2.75) is 33.3 Å². The van der Waals surface area contributed by atoms with Crippen LogP contribution >= 0.6 is 0 Å². The van der Waals surface area contributed by atoms with Crippen LogP contribution in [0.5, 0.6) is 5.75 Å². The van der Waals surface area contributed by atoms with Crippen LogP contribution in [0.15, 0.2) is 18.2 Å². The Morgan fingerprint density at radius 1 is 1.39 bits per heavy atom. The second kappa shape index (κ2) is 6.40. The summed E-state index contributed by atoms with van der Waals surface area (Å²) in [5, 5.41) is 22.0. The third-order valence-corrected chi connectivity index (χ3v) is 2.72. The molecule has 0 aliphatic heterocycles. The summed E-state index contributed by atoms with van der Waals surface area (Å²) in [6.45, 7) is 5.96. The monoisotopic (exact) mass is 251 g/mol. The number of aromatic hydroxyl groups is 1. The van der Waals surface area contributed by atoms with Crippen LogP contribution in [-0.2, 0) is 0 Å². The molecule has 1 atom stereocenters. The largest absolute Gasteiger partial charge is 0.507 e. The lowest BCUT2D eigenvalue weighted by atomic mass is 10.1. The number of hydrogen-bond donors (Lipinski definition) is 3. The molecule has 0 aromatic heterocycles. The summed E-state index contributed by atoms with van der Waals surface area (Å²) in [4.78, 5) is 11.8. The van der Waals surface area contributed by atoms with E-state index in [-0.39, 0.29) is 23.8 Å². The zero-order valence-corrected chi connectivity index (χ0v) is 11.1. The van der Waals surface area contributed by atoms with E-state index in [1.165, 1.54) is 0 Å². The van der Waals surface area contributed by atoms with E-state index in [4.69, 9.17) is 0 Å². The molecule has 0 saturated carbocycles. The average Bonchev–Trinajstić information content (AvgIpc) is 2.29. The van der Waals surface area contributed by atoms with Crippen molar-refractivity contribution in [2.75, 3.05) is 6.54 Å². The van der Waals surface area contributed by atoms with E-state index in [9.17, 15) is 15.0 Å². The molecule has 0 aliphatic carbocycles. The molecule has 4 nitrogen and oxygen atoms in total. The van der Waals surface area contributed by atoms with Gasteiger partial charge in [0.25, 0.3) is 5.91 Å². The molecular weight excluding hydrogens is 230 g/mol. The number of nitrogens with one attached hydrogen (secondary N) is 1. The lowest BCUT2D eigenvalue weighted by Crippen LogP contribution is -2.32. The number of aliphatic hydroxyl groups is 1. The second-order valence-electron chi connectivity index (χ2n) is 4.96. The van der Waals surface area contributed by atoms with Gasteiger partial charge in [-0.25, -0.2) is 0 Å². The zero-order valence-electron chi connectivity index (χ0n) is 11.1. The minimum absolute atomic E-state index is 0.00616. The van der Waals surface area contributed by atoms with Crippen LogP contribution < -0.4 is 5.32 Å². The van der Waals surface area contributed by atoms with Crippen molar-refractivity contribution >= 4 is 5.91 Å². The first-order valence-corrected chi connectivity index (χ1v) is 6.16. The van der Waals surface area contributed by atoms with Crippen molar-refractivity contribution in [3.63, 3.8) is 0 Å². The van der Waals surface area contributed by atoms with Crippen molar-refractivity contribution < 1.29 is 15.0 Å². The molecule has 0 bridgehead atoms. The normalized spacial score (nSPS) is 12.5. The highest BCUT2D eigenvalue weighted by Crippen LogP contribution is 2.21. The first-order valence-electron chi connectivity index (χ1n) is 6.16. The van der Waals surface area contributed by atoms with Gasteiger partial charge in [0.05, 0.1) is 11.7 Å². The zero-order chi connectivity index (χ0) is 13.7. The maximum Gasteiger partial charge on any atom is 0.255 e. The van der Waals surface area contributed by atoms with Gasteiger partial charge in [-0.2, -0.15) is 0 Å². The maximum atomic E-state index is 11.8. The van der Waals surface area contributed by atoms with Crippen LogP contribution in [-0.4, -0.2) is 28.8 Å². The number of aliphatic hydroxyl groups excluding tert-OH is 1. The van der Waals surface area contributed by atoms with Gasteiger partial charge < -0.3 is 15.5 Å². The van der Waals surface area contributed by atoms with Crippen molar-refractivity contribution in [1.29, 1.82) is 0 Å². The molecule has 1 rings (SSSR count). The van der Waals surface area contributed by atoms with Gasteiger partial charge in [-0.15, -0.1) is 0 Å². The van der Waals surface area contributed by atoms with E-state index < -0.39 is 6.10 Å². The van der Waals surface area contributed by atoms with Crippen molar-refractivity contribution in [2.24, 2.45) is 5.92 Å². The first-order chi connectivity index (χ1) is 8.41. The van der Waals surface area contributed by atoms with Crippen molar-refractivity contribution in [3.8, 4) is 5.75 Å². The predicted molar refractivity (Wildman–Crippen MR) is 70.6 cm³/mol. The van der Waals surface area contributed by atoms with Crippen molar-refractivity contribution in [1.82, 2.24) is 5.32 Å². The molecule has 0 saturated heterocycles. The highest BCUT2D eigenvalue weighted by Gasteiger charge is 2.14. The average molecular weight is 251 g/mol. The minimum atomic E-state index is -0.555.